The van der Waals surface area contributed by atoms with E-state index in [1.54, 1.807) is 12.1 Å². The highest BCUT2D eigenvalue weighted by molar-refractivity contribution is 6.30. The van der Waals surface area contributed by atoms with Gasteiger partial charge in [-0.2, -0.15) is 0 Å². The summed E-state index contributed by atoms with van der Waals surface area (Å²) in [5, 5.41) is 6.62. The van der Waals surface area contributed by atoms with Crippen molar-refractivity contribution in [1.82, 2.24) is 10.6 Å². The van der Waals surface area contributed by atoms with Crippen molar-refractivity contribution in [3.63, 3.8) is 0 Å². The van der Waals surface area contributed by atoms with Gasteiger partial charge in [-0.3, -0.25) is 0 Å². The first-order valence-electron chi connectivity index (χ1n) is 7.91. The quantitative estimate of drug-likeness (QED) is 0.869. The van der Waals surface area contributed by atoms with Crippen molar-refractivity contribution in [2.24, 2.45) is 0 Å². The monoisotopic (exact) mass is 342 g/mol. The van der Waals surface area contributed by atoms with Crippen LogP contribution in [-0.2, 0) is 11.3 Å². The molecule has 1 fully saturated rings. The molecule has 0 aliphatic heterocycles. The number of alkyl carbamates (subject to hydrolysis) is 1. The van der Waals surface area contributed by atoms with Crippen molar-refractivity contribution in [3.8, 4) is 0 Å². The zero-order valence-corrected chi connectivity index (χ0v) is 14.5. The number of halogens is 2. The van der Waals surface area contributed by atoms with Crippen LogP contribution in [0.25, 0.3) is 0 Å². The maximum absolute atomic E-state index is 13.8. The Morgan fingerprint density at radius 2 is 2.04 bits per heavy atom. The van der Waals surface area contributed by atoms with Gasteiger partial charge in [0.1, 0.15) is 11.4 Å². The van der Waals surface area contributed by atoms with E-state index in [0.717, 1.165) is 19.3 Å². The Bertz CT molecular complexity index is 560. The van der Waals surface area contributed by atoms with Gasteiger partial charge in [0.05, 0.1) is 0 Å². The van der Waals surface area contributed by atoms with E-state index in [4.69, 9.17) is 16.3 Å². The van der Waals surface area contributed by atoms with Crippen molar-refractivity contribution in [1.29, 1.82) is 0 Å². The van der Waals surface area contributed by atoms with Crippen molar-refractivity contribution in [2.45, 2.75) is 64.3 Å². The molecule has 4 nitrogen and oxygen atoms in total. The Balaban J connectivity index is 1.88. The molecular formula is C17H24ClFN2O2. The Kier molecular flexibility index (Phi) is 5.87. The normalized spacial score (nSPS) is 21.3. The van der Waals surface area contributed by atoms with Crippen LogP contribution in [0.4, 0.5) is 9.18 Å². The minimum Gasteiger partial charge on any atom is -0.444 e. The lowest BCUT2D eigenvalue weighted by atomic mass is 10.1. The van der Waals surface area contributed by atoms with Gasteiger partial charge < -0.3 is 15.4 Å². The molecule has 1 aliphatic rings. The number of rotatable bonds is 4. The molecule has 1 aromatic rings. The second-order valence-corrected chi connectivity index (χ2v) is 7.34. The maximum atomic E-state index is 13.8. The molecule has 0 bridgehead atoms. The smallest absolute Gasteiger partial charge is 0.407 e. The fraction of sp³-hybridized carbons (Fsp3) is 0.588. The molecule has 2 atom stereocenters. The molecule has 23 heavy (non-hydrogen) atoms. The van der Waals surface area contributed by atoms with Gasteiger partial charge in [-0.05, 0) is 52.2 Å². The van der Waals surface area contributed by atoms with E-state index in [1.165, 1.54) is 6.07 Å². The topological polar surface area (TPSA) is 50.4 Å². The molecule has 2 N–H and O–H groups in total. The summed E-state index contributed by atoms with van der Waals surface area (Å²) in [5.74, 6) is -0.320. The lowest BCUT2D eigenvalue weighted by molar-refractivity contribution is 0.0498. The molecule has 128 valence electrons. The number of amides is 1. The number of nitrogens with one attached hydrogen (secondary N) is 2. The molecule has 0 spiro atoms. The van der Waals surface area contributed by atoms with Crippen molar-refractivity contribution >= 4 is 17.7 Å². The number of carbonyl (C=O) groups is 1. The molecule has 6 heteroatoms. The fourth-order valence-electron chi connectivity index (χ4n) is 2.74. The van der Waals surface area contributed by atoms with Crippen LogP contribution in [0, 0.1) is 5.82 Å². The number of hydrogen-bond donors (Lipinski definition) is 2. The van der Waals surface area contributed by atoms with E-state index in [0.29, 0.717) is 17.1 Å². The minimum atomic E-state index is -0.516. The average molecular weight is 343 g/mol. The van der Waals surface area contributed by atoms with Crippen molar-refractivity contribution in [3.05, 3.63) is 34.6 Å². The Labute approximate surface area is 141 Å². The molecule has 1 aromatic carbocycles. The highest BCUT2D eigenvalue weighted by atomic mass is 35.5. The van der Waals surface area contributed by atoms with E-state index < -0.39 is 11.7 Å². The summed E-state index contributed by atoms with van der Waals surface area (Å²) in [7, 11) is 0. The fourth-order valence-corrected chi connectivity index (χ4v) is 2.90. The van der Waals surface area contributed by atoms with Gasteiger partial charge >= 0.3 is 6.09 Å². The molecule has 0 heterocycles. The molecule has 2 unspecified atom stereocenters. The second-order valence-electron chi connectivity index (χ2n) is 6.91. The molecule has 0 radical (unpaired) electrons. The lowest BCUT2D eigenvalue weighted by Gasteiger charge is -2.25. The highest BCUT2D eigenvalue weighted by Crippen LogP contribution is 2.21. The van der Waals surface area contributed by atoms with Gasteiger partial charge in [0.15, 0.2) is 0 Å². The third-order valence-corrected chi connectivity index (χ3v) is 4.02. The predicted molar refractivity (Wildman–Crippen MR) is 89.0 cm³/mol. The molecule has 1 aliphatic carbocycles. The van der Waals surface area contributed by atoms with E-state index in [1.807, 2.05) is 20.8 Å². The molecule has 1 saturated carbocycles. The zero-order chi connectivity index (χ0) is 17.0. The van der Waals surface area contributed by atoms with Crippen molar-refractivity contribution in [2.75, 3.05) is 0 Å². The number of ether oxygens (including phenoxy) is 1. The summed E-state index contributed by atoms with van der Waals surface area (Å²) in [5.41, 5.74) is 0.0511. The summed E-state index contributed by atoms with van der Waals surface area (Å²) in [6, 6.07) is 4.77. The summed E-state index contributed by atoms with van der Waals surface area (Å²) >= 11 is 5.76. The average Bonchev–Trinajstić information content (AvgIpc) is 2.82. The van der Waals surface area contributed by atoms with Gasteiger partial charge in [0, 0.05) is 29.2 Å². The van der Waals surface area contributed by atoms with E-state index in [2.05, 4.69) is 10.6 Å². The highest BCUT2D eigenvalue weighted by Gasteiger charge is 2.29. The summed E-state index contributed by atoms with van der Waals surface area (Å²) < 4.78 is 19.1. The standard InChI is InChI=1S/C17H24ClFN2O2/c1-17(2,3)23-16(22)21-15-6-4-5-14(15)20-10-11-7-8-12(18)9-13(11)19/h7-9,14-15,20H,4-6,10H2,1-3H3,(H,21,22). The second kappa shape index (κ2) is 7.49. The van der Waals surface area contributed by atoms with Crippen molar-refractivity contribution < 1.29 is 13.9 Å². The Hall–Kier alpha value is -1.33. The molecule has 2 rings (SSSR count). The van der Waals surface area contributed by atoms with Gasteiger partial charge in [0.2, 0.25) is 0 Å². The largest absolute Gasteiger partial charge is 0.444 e. The summed E-state index contributed by atoms with van der Waals surface area (Å²) in [6.45, 7) is 5.90. The number of carbonyl (C=O) groups excluding carboxylic acids is 1. The molecule has 0 saturated heterocycles. The first kappa shape index (κ1) is 18.0. The van der Waals surface area contributed by atoms with Gasteiger partial charge in [0.25, 0.3) is 0 Å². The summed E-state index contributed by atoms with van der Waals surface area (Å²) in [6.07, 6.45) is 2.44. The van der Waals surface area contributed by atoms with Crippen LogP contribution in [0.3, 0.4) is 0 Å². The van der Waals surface area contributed by atoms with Gasteiger partial charge in [-0.25, -0.2) is 9.18 Å². The van der Waals surface area contributed by atoms with Crippen LogP contribution in [0.1, 0.15) is 45.6 Å². The minimum absolute atomic E-state index is 0.000196. The third-order valence-electron chi connectivity index (χ3n) is 3.79. The predicted octanol–water partition coefficient (Wildman–Crippen LogP) is 4.01. The first-order chi connectivity index (χ1) is 10.7. The zero-order valence-electron chi connectivity index (χ0n) is 13.8. The van der Waals surface area contributed by atoms with Gasteiger partial charge in [-0.1, -0.05) is 17.7 Å². The Morgan fingerprint density at radius 3 is 2.70 bits per heavy atom. The van der Waals surface area contributed by atoms with E-state index in [-0.39, 0.29) is 17.9 Å². The van der Waals surface area contributed by atoms with Crippen LogP contribution < -0.4 is 10.6 Å². The molecule has 0 aromatic heterocycles. The summed E-state index contributed by atoms with van der Waals surface area (Å²) in [4.78, 5) is 11.9. The SMILES string of the molecule is CC(C)(C)OC(=O)NC1CCCC1NCc1ccc(Cl)cc1F. The van der Waals surface area contributed by atoms with Crippen LogP contribution >= 0.6 is 11.6 Å². The maximum Gasteiger partial charge on any atom is 0.407 e. The number of benzene rings is 1. The van der Waals surface area contributed by atoms with E-state index >= 15 is 0 Å². The first-order valence-corrected chi connectivity index (χ1v) is 8.29. The number of hydrogen-bond acceptors (Lipinski definition) is 3. The van der Waals surface area contributed by atoms with Crippen LogP contribution in [0.15, 0.2) is 18.2 Å². The Morgan fingerprint density at radius 1 is 1.35 bits per heavy atom. The lowest BCUT2D eigenvalue weighted by Crippen LogP contribution is -2.47. The van der Waals surface area contributed by atoms with E-state index in [9.17, 15) is 9.18 Å². The molecule has 1 amide bonds. The van der Waals surface area contributed by atoms with Crippen LogP contribution in [0.2, 0.25) is 5.02 Å². The third kappa shape index (κ3) is 5.66. The van der Waals surface area contributed by atoms with Crippen LogP contribution in [0.5, 0.6) is 0 Å². The molecular weight excluding hydrogens is 319 g/mol. The van der Waals surface area contributed by atoms with Gasteiger partial charge in [-0.15, -0.1) is 0 Å². The van der Waals surface area contributed by atoms with Crippen LogP contribution in [-0.4, -0.2) is 23.8 Å².